The van der Waals surface area contributed by atoms with Gasteiger partial charge in [-0.15, -0.1) is 0 Å². The number of aromatic nitrogens is 3. The summed E-state index contributed by atoms with van der Waals surface area (Å²) in [6.07, 6.45) is 5.55. The normalized spacial score (nSPS) is 16.5. The minimum Gasteiger partial charge on any atom is -0.382 e. The molecule has 1 saturated heterocycles. The minimum atomic E-state index is -5.37. The van der Waals surface area contributed by atoms with Crippen LogP contribution in [0.1, 0.15) is 30.0 Å². The number of imidazole rings is 1. The summed E-state index contributed by atoms with van der Waals surface area (Å²) >= 11 is 6.10. The van der Waals surface area contributed by atoms with Gasteiger partial charge in [-0.05, 0) is 48.2 Å². The fraction of sp³-hybridized carbons (Fsp3) is 0.280. The first-order valence-corrected chi connectivity index (χ1v) is 13.6. The maximum atomic E-state index is 12.9. The second kappa shape index (κ2) is 10.1. The molecular formula is C25H23ClF3N5O3S. The number of aromatic amines is 1. The number of halogens is 4. The number of alkyl halides is 3. The summed E-state index contributed by atoms with van der Waals surface area (Å²) in [6.45, 7) is -0.545. The number of H-pyrrole nitrogens is 1. The molecule has 0 amide bonds. The van der Waals surface area contributed by atoms with Gasteiger partial charge in [-0.3, -0.25) is 4.79 Å². The SMILES string of the molecule is O=c1cc(NC2CCN(S(=O)(=O)C(F)(F)F)CC2)c2cc(C(c3ccc(Cl)cc3)n3ccnc3)ccc2[nH]1. The highest BCUT2D eigenvalue weighted by molar-refractivity contribution is 7.90. The van der Waals surface area contributed by atoms with Crippen molar-refractivity contribution in [3.05, 3.63) is 93.8 Å². The molecule has 1 atom stereocenters. The zero-order valence-corrected chi connectivity index (χ0v) is 21.4. The molecule has 2 N–H and O–H groups in total. The van der Waals surface area contributed by atoms with Crippen LogP contribution in [0, 0.1) is 0 Å². The number of piperidine rings is 1. The van der Waals surface area contributed by atoms with Crippen LogP contribution in [-0.4, -0.2) is 51.9 Å². The highest BCUT2D eigenvalue weighted by Gasteiger charge is 2.50. The molecule has 38 heavy (non-hydrogen) atoms. The van der Waals surface area contributed by atoms with Crippen LogP contribution in [0.15, 0.2) is 72.0 Å². The summed E-state index contributed by atoms with van der Waals surface area (Å²) in [5.41, 5.74) is -2.70. The molecule has 2 aromatic heterocycles. The fourth-order valence-corrected chi connectivity index (χ4v) is 5.88. The number of nitrogens with one attached hydrogen (secondary N) is 2. The molecule has 5 rings (SSSR count). The van der Waals surface area contributed by atoms with Gasteiger partial charge in [0, 0.05) is 53.7 Å². The smallest absolute Gasteiger partial charge is 0.382 e. The van der Waals surface area contributed by atoms with Crippen LogP contribution >= 0.6 is 11.6 Å². The first kappa shape index (κ1) is 26.3. The number of nitrogens with zero attached hydrogens (tertiary/aromatic N) is 3. The number of benzene rings is 2. The second-order valence-corrected chi connectivity index (χ2v) is 11.5. The summed E-state index contributed by atoms with van der Waals surface area (Å²) in [5.74, 6) is 0. The van der Waals surface area contributed by atoms with Crippen molar-refractivity contribution in [1.82, 2.24) is 18.8 Å². The van der Waals surface area contributed by atoms with Gasteiger partial charge in [-0.1, -0.05) is 29.8 Å². The molecule has 13 heteroatoms. The lowest BCUT2D eigenvalue weighted by Crippen LogP contribution is -2.47. The van der Waals surface area contributed by atoms with E-state index in [1.807, 2.05) is 35.0 Å². The van der Waals surface area contributed by atoms with Gasteiger partial charge in [0.25, 0.3) is 0 Å². The van der Waals surface area contributed by atoms with E-state index >= 15 is 0 Å². The van der Waals surface area contributed by atoms with Crippen molar-refractivity contribution in [2.24, 2.45) is 0 Å². The van der Waals surface area contributed by atoms with E-state index < -0.39 is 15.5 Å². The summed E-state index contributed by atoms with van der Waals surface area (Å²) in [4.78, 5) is 19.4. The van der Waals surface area contributed by atoms with E-state index in [4.69, 9.17) is 11.6 Å². The van der Waals surface area contributed by atoms with Crippen LogP contribution in [0.5, 0.6) is 0 Å². The molecule has 0 radical (unpaired) electrons. The lowest BCUT2D eigenvalue weighted by molar-refractivity contribution is -0.0494. The van der Waals surface area contributed by atoms with Gasteiger partial charge in [0.1, 0.15) is 0 Å². The molecule has 0 aliphatic carbocycles. The van der Waals surface area contributed by atoms with Crippen molar-refractivity contribution < 1.29 is 21.6 Å². The van der Waals surface area contributed by atoms with Gasteiger partial charge in [0.15, 0.2) is 0 Å². The number of rotatable bonds is 6. The lowest BCUT2D eigenvalue weighted by Gasteiger charge is -2.32. The van der Waals surface area contributed by atoms with Crippen LogP contribution in [0.2, 0.25) is 5.02 Å². The first-order valence-electron chi connectivity index (χ1n) is 11.8. The van der Waals surface area contributed by atoms with Gasteiger partial charge in [-0.2, -0.15) is 17.5 Å². The molecule has 0 spiro atoms. The van der Waals surface area contributed by atoms with Crippen molar-refractivity contribution in [3.8, 4) is 0 Å². The van der Waals surface area contributed by atoms with Gasteiger partial charge in [0.05, 0.1) is 17.9 Å². The van der Waals surface area contributed by atoms with Crippen molar-refractivity contribution >= 4 is 38.2 Å². The lowest BCUT2D eigenvalue weighted by atomic mass is 9.96. The Hall–Kier alpha value is -3.35. The maximum absolute atomic E-state index is 12.9. The average molecular weight is 566 g/mol. The number of pyridine rings is 1. The number of sulfonamides is 1. The van der Waals surface area contributed by atoms with Crippen molar-refractivity contribution in [1.29, 1.82) is 0 Å². The highest BCUT2D eigenvalue weighted by Crippen LogP contribution is 2.33. The molecule has 200 valence electrons. The predicted molar refractivity (Wildman–Crippen MR) is 139 cm³/mol. The standard InChI is InChI=1S/C25H23ClF3N5O3S/c26-18-4-1-16(2-5-18)24(33-12-9-30-15-33)17-3-6-21-20(13-17)22(14-23(35)32-21)31-19-7-10-34(11-8-19)38(36,37)25(27,28)29/h1-6,9,12-15,19,24H,7-8,10-11H2,(H2,31,32,35). The molecule has 2 aromatic carbocycles. The molecule has 3 heterocycles. The van der Waals surface area contributed by atoms with Crippen molar-refractivity contribution in [3.63, 3.8) is 0 Å². The molecule has 1 fully saturated rings. The zero-order valence-electron chi connectivity index (χ0n) is 19.8. The van der Waals surface area contributed by atoms with E-state index in [1.165, 1.54) is 6.07 Å². The van der Waals surface area contributed by atoms with Crippen LogP contribution < -0.4 is 10.9 Å². The van der Waals surface area contributed by atoms with Crippen LogP contribution in [0.3, 0.4) is 0 Å². The van der Waals surface area contributed by atoms with Gasteiger partial charge >= 0.3 is 15.5 Å². The molecule has 1 aliphatic rings. The summed E-state index contributed by atoms with van der Waals surface area (Å²) in [5, 5.41) is 4.58. The Morgan fingerprint density at radius 2 is 1.74 bits per heavy atom. The molecular weight excluding hydrogens is 543 g/mol. The van der Waals surface area contributed by atoms with Crippen molar-refractivity contribution in [2.45, 2.75) is 30.4 Å². The molecule has 1 aliphatic heterocycles. The molecule has 0 saturated carbocycles. The van der Waals surface area contributed by atoms with Crippen LogP contribution in [0.4, 0.5) is 18.9 Å². The van der Waals surface area contributed by atoms with Gasteiger partial charge in [-0.25, -0.2) is 13.4 Å². The van der Waals surface area contributed by atoms with Gasteiger partial charge in [0.2, 0.25) is 5.56 Å². The largest absolute Gasteiger partial charge is 0.511 e. The minimum absolute atomic E-state index is 0.158. The average Bonchev–Trinajstić information content (AvgIpc) is 3.40. The third-order valence-corrected chi connectivity index (χ3v) is 8.52. The van der Waals surface area contributed by atoms with E-state index in [2.05, 4.69) is 15.3 Å². The van der Waals surface area contributed by atoms with E-state index in [0.717, 1.165) is 11.1 Å². The third kappa shape index (κ3) is 5.16. The fourth-order valence-electron chi connectivity index (χ4n) is 4.77. The Bertz CT molecular complexity index is 1600. The monoisotopic (exact) mass is 565 g/mol. The zero-order chi connectivity index (χ0) is 27.1. The van der Waals surface area contributed by atoms with Crippen molar-refractivity contribution in [2.75, 3.05) is 18.4 Å². The Balaban J connectivity index is 1.46. The number of hydrogen-bond donors (Lipinski definition) is 2. The van der Waals surface area contributed by atoms with Gasteiger partial charge < -0.3 is 14.9 Å². The molecule has 1 unspecified atom stereocenters. The Kier molecular flexibility index (Phi) is 6.97. The second-order valence-electron chi connectivity index (χ2n) is 9.08. The van der Waals surface area contributed by atoms with E-state index in [-0.39, 0.29) is 43.6 Å². The molecule has 8 nitrogen and oxygen atoms in total. The molecule has 4 aromatic rings. The number of hydrogen-bond acceptors (Lipinski definition) is 5. The Morgan fingerprint density at radius 1 is 1.05 bits per heavy atom. The first-order chi connectivity index (χ1) is 18.0. The summed E-state index contributed by atoms with van der Waals surface area (Å²) in [7, 11) is -5.37. The Morgan fingerprint density at radius 3 is 2.37 bits per heavy atom. The van der Waals surface area contributed by atoms with Crippen LogP contribution in [-0.2, 0) is 10.0 Å². The van der Waals surface area contributed by atoms with Crippen LogP contribution in [0.25, 0.3) is 10.9 Å². The quantitative estimate of drug-likeness (QED) is 0.352. The van der Waals surface area contributed by atoms with E-state index in [0.29, 0.717) is 25.9 Å². The van der Waals surface area contributed by atoms with E-state index in [9.17, 15) is 26.4 Å². The number of fused-ring (bicyclic) bond motifs is 1. The topological polar surface area (TPSA) is 100 Å². The molecule has 0 bridgehead atoms. The van der Waals surface area contributed by atoms with E-state index in [1.54, 1.807) is 30.7 Å². The summed E-state index contributed by atoms with van der Waals surface area (Å²) < 4.78 is 64.7. The predicted octanol–water partition coefficient (Wildman–Crippen LogP) is 4.74. The maximum Gasteiger partial charge on any atom is 0.511 e. The number of anilines is 1. The highest BCUT2D eigenvalue weighted by atomic mass is 35.5. The summed E-state index contributed by atoms with van der Waals surface area (Å²) in [6, 6.07) is 13.9. The Labute approximate surface area is 221 Å². The third-order valence-electron chi connectivity index (χ3n) is 6.64.